The maximum atomic E-state index is 12.6. The molecule has 0 unspecified atom stereocenters. The van der Waals surface area contributed by atoms with Gasteiger partial charge in [-0.3, -0.25) is 9.78 Å². The van der Waals surface area contributed by atoms with Crippen molar-refractivity contribution in [2.24, 2.45) is 17.8 Å². The normalized spacial score (nSPS) is 27.1. The average molecular weight is 286 g/mol. The van der Waals surface area contributed by atoms with Crippen LogP contribution < -0.4 is 5.32 Å². The number of pyridine rings is 1. The second-order valence-electron chi connectivity index (χ2n) is 7.04. The van der Waals surface area contributed by atoms with Gasteiger partial charge in [-0.1, -0.05) is 6.92 Å². The lowest BCUT2D eigenvalue weighted by Crippen LogP contribution is -2.36. The van der Waals surface area contributed by atoms with E-state index >= 15 is 0 Å². The van der Waals surface area contributed by atoms with Crippen molar-refractivity contribution in [1.29, 1.82) is 0 Å². The maximum Gasteiger partial charge on any atom is 0.223 e. The van der Waals surface area contributed by atoms with E-state index in [0.29, 0.717) is 5.92 Å². The molecule has 21 heavy (non-hydrogen) atoms. The highest BCUT2D eigenvalue weighted by atomic mass is 16.1. The number of aryl methyl sites for hydroxylation is 1. The van der Waals surface area contributed by atoms with Crippen molar-refractivity contribution in [3.63, 3.8) is 0 Å². The lowest BCUT2D eigenvalue weighted by molar-refractivity contribution is -0.127. The van der Waals surface area contributed by atoms with E-state index in [1.165, 1.54) is 31.2 Å². The van der Waals surface area contributed by atoms with Gasteiger partial charge in [0.05, 0.1) is 11.7 Å². The lowest BCUT2D eigenvalue weighted by Gasteiger charge is -2.27. The molecule has 114 valence electrons. The monoisotopic (exact) mass is 286 g/mol. The first-order chi connectivity index (χ1) is 10.1. The van der Waals surface area contributed by atoms with Gasteiger partial charge >= 0.3 is 0 Å². The standard InChI is InChI=1S/C18H26N2O/c1-12-3-5-15(6-4-12)18(21)20-17(14-7-8-14)16-11-13(2)9-10-19-16/h9-12,14-15,17H,3-8H2,1-2H3,(H,20,21)/t12?,15?,17-/m1/s1. The Kier molecular flexibility index (Phi) is 4.27. The molecule has 3 heteroatoms. The van der Waals surface area contributed by atoms with Crippen LogP contribution in [0.3, 0.4) is 0 Å². The molecule has 1 N–H and O–H groups in total. The van der Waals surface area contributed by atoms with E-state index in [-0.39, 0.29) is 17.9 Å². The van der Waals surface area contributed by atoms with E-state index in [2.05, 4.69) is 30.2 Å². The Bertz CT molecular complexity index is 502. The first-order valence-corrected chi connectivity index (χ1v) is 8.36. The van der Waals surface area contributed by atoms with E-state index in [0.717, 1.165) is 24.5 Å². The Labute approximate surface area is 127 Å². The Morgan fingerprint density at radius 2 is 1.95 bits per heavy atom. The first-order valence-electron chi connectivity index (χ1n) is 8.36. The molecular formula is C18H26N2O. The van der Waals surface area contributed by atoms with Crippen LogP contribution in [0.15, 0.2) is 18.3 Å². The van der Waals surface area contributed by atoms with Gasteiger partial charge in [0.25, 0.3) is 0 Å². The molecule has 1 heterocycles. The SMILES string of the molecule is Cc1ccnc([C@H](NC(=O)C2CCC(C)CC2)C2CC2)c1. The Hall–Kier alpha value is -1.38. The van der Waals surface area contributed by atoms with Crippen molar-refractivity contribution in [2.75, 3.05) is 0 Å². The van der Waals surface area contributed by atoms with Crippen LogP contribution in [0.1, 0.15) is 62.7 Å². The highest BCUT2D eigenvalue weighted by molar-refractivity contribution is 5.79. The largest absolute Gasteiger partial charge is 0.347 e. The molecule has 0 spiro atoms. The van der Waals surface area contributed by atoms with E-state index in [1.54, 1.807) is 0 Å². The molecule has 2 saturated carbocycles. The molecule has 0 saturated heterocycles. The van der Waals surface area contributed by atoms with Crippen LogP contribution in [-0.4, -0.2) is 10.9 Å². The van der Waals surface area contributed by atoms with E-state index < -0.39 is 0 Å². The van der Waals surface area contributed by atoms with Gasteiger partial charge < -0.3 is 5.32 Å². The van der Waals surface area contributed by atoms with Gasteiger partial charge in [-0.05, 0) is 75.0 Å². The molecule has 3 nitrogen and oxygen atoms in total. The molecule has 2 aliphatic rings. The first kappa shape index (κ1) is 14.6. The molecule has 0 radical (unpaired) electrons. The third-order valence-electron chi connectivity index (χ3n) is 5.03. The summed E-state index contributed by atoms with van der Waals surface area (Å²) < 4.78 is 0. The van der Waals surface area contributed by atoms with Crippen LogP contribution in [0, 0.1) is 24.7 Å². The van der Waals surface area contributed by atoms with Crippen LogP contribution in [-0.2, 0) is 4.79 Å². The molecule has 1 aromatic heterocycles. The van der Waals surface area contributed by atoms with Crippen LogP contribution in [0.5, 0.6) is 0 Å². The fourth-order valence-electron chi connectivity index (χ4n) is 3.39. The molecule has 2 aliphatic carbocycles. The summed E-state index contributed by atoms with van der Waals surface area (Å²) in [5, 5.41) is 3.31. The van der Waals surface area contributed by atoms with Gasteiger partial charge in [-0.25, -0.2) is 0 Å². The summed E-state index contributed by atoms with van der Waals surface area (Å²) in [7, 11) is 0. The Morgan fingerprint density at radius 3 is 2.57 bits per heavy atom. The second-order valence-corrected chi connectivity index (χ2v) is 7.04. The van der Waals surface area contributed by atoms with Crippen molar-refractivity contribution in [2.45, 2.75) is 58.4 Å². The summed E-state index contributed by atoms with van der Waals surface area (Å²) in [5.41, 5.74) is 2.25. The van der Waals surface area contributed by atoms with Gasteiger partial charge in [0.2, 0.25) is 5.91 Å². The molecule has 3 rings (SSSR count). The lowest BCUT2D eigenvalue weighted by atomic mass is 9.82. The highest BCUT2D eigenvalue weighted by Gasteiger charge is 2.36. The Morgan fingerprint density at radius 1 is 1.24 bits per heavy atom. The van der Waals surface area contributed by atoms with Crippen molar-refractivity contribution in [1.82, 2.24) is 10.3 Å². The predicted octanol–water partition coefficient (Wildman–Crippen LogP) is 3.78. The number of aromatic nitrogens is 1. The number of amides is 1. The third kappa shape index (κ3) is 3.63. The number of hydrogen-bond acceptors (Lipinski definition) is 2. The molecule has 0 aromatic carbocycles. The predicted molar refractivity (Wildman–Crippen MR) is 83.7 cm³/mol. The average Bonchev–Trinajstić information content (AvgIpc) is 3.30. The minimum Gasteiger partial charge on any atom is -0.347 e. The van der Waals surface area contributed by atoms with Gasteiger partial charge in [-0.2, -0.15) is 0 Å². The van der Waals surface area contributed by atoms with Crippen LogP contribution in [0.4, 0.5) is 0 Å². The van der Waals surface area contributed by atoms with E-state index in [1.807, 2.05) is 12.3 Å². The van der Waals surface area contributed by atoms with Crippen molar-refractivity contribution < 1.29 is 4.79 Å². The van der Waals surface area contributed by atoms with Gasteiger partial charge in [0.15, 0.2) is 0 Å². The topological polar surface area (TPSA) is 42.0 Å². The summed E-state index contributed by atoms with van der Waals surface area (Å²) in [5.74, 6) is 1.84. The fraction of sp³-hybridized carbons (Fsp3) is 0.667. The van der Waals surface area contributed by atoms with Gasteiger partial charge in [0.1, 0.15) is 0 Å². The molecule has 2 fully saturated rings. The van der Waals surface area contributed by atoms with Crippen LogP contribution in [0.25, 0.3) is 0 Å². The molecular weight excluding hydrogens is 260 g/mol. The zero-order valence-electron chi connectivity index (χ0n) is 13.1. The van der Waals surface area contributed by atoms with Crippen molar-refractivity contribution in [3.8, 4) is 0 Å². The summed E-state index contributed by atoms with van der Waals surface area (Å²) in [6, 6.07) is 4.25. The zero-order chi connectivity index (χ0) is 14.8. The molecule has 0 aliphatic heterocycles. The van der Waals surface area contributed by atoms with E-state index in [4.69, 9.17) is 0 Å². The van der Waals surface area contributed by atoms with Crippen molar-refractivity contribution in [3.05, 3.63) is 29.6 Å². The molecule has 1 atom stereocenters. The molecule has 0 bridgehead atoms. The number of nitrogens with zero attached hydrogens (tertiary/aromatic N) is 1. The molecule has 1 aromatic rings. The number of carbonyl (C=O) groups is 1. The minimum atomic E-state index is 0.122. The minimum absolute atomic E-state index is 0.122. The third-order valence-corrected chi connectivity index (χ3v) is 5.03. The van der Waals surface area contributed by atoms with Crippen LogP contribution in [0.2, 0.25) is 0 Å². The second kappa shape index (κ2) is 6.17. The van der Waals surface area contributed by atoms with Gasteiger partial charge in [0, 0.05) is 12.1 Å². The summed E-state index contributed by atoms with van der Waals surface area (Å²) in [6.45, 7) is 4.37. The zero-order valence-corrected chi connectivity index (χ0v) is 13.1. The smallest absolute Gasteiger partial charge is 0.223 e. The fourth-order valence-corrected chi connectivity index (χ4v) is 3.39. The van der Waals surface area contributed by atoms with E-state index in [9.17, 15) is 4.79 Å². The van der Waals surface area contributed by atoms with Crippen LogP contribution >= 0.6 is 0 Å². The summed E-state index contributed by atoms with van der Waals surface area (Å²) >= 11 is 0. The highest BCUT2D eigenvalue weighted by Crippen LogP contribution is 2.41. The molecule has 1 amide bonds. The Balaban J connectivity index is 1.67. The summed E-state index contributed by atoms with van der Waals surface area (Å²) in [6.07, 6.45) is 8.75. The number of hydrogen-bond donors (Lipinski definition) is 1. The van der Waals surface area contributed by atoms with Gasteiger partial charge in [-0.15, -0.1) is 0 Å². The van der Waals surface area contributed by atoms with Crippen molar-refractivity contribution >= 4 is 5.91 Å². The maximum absolute atomic E-state index is 12.6. The quantitative estimate of drug-likeness (QED) is 0.915. The number of rotatable bonds is 4. The number of nitrogens with one attached hydrogen (secondary N) is 1. The number of carbonyl (C=O) groups excluding carboxylic acids is 1. The summed E-state index contributed by atoms with van der Waals surface area (Å²) in [4.78, 5) is 17.1.